The van der Waals surface area contributed by atoms with Gasteiger partial charge in [0.2, 0.25) is 0 Å². The van der Waals surface area contributed by atoms with Gasteiger partial charge >= 0.3 is 12.1 Å². The fourth-order valence-electron chi connectivity index (χ4n) is 2.46. The molecule has 2 unspecified atom stereocenters. The first-order valence-electron chi connectivity index (χ1n) is 7.45. The Kier molecular flexibility index (Phi) is 4.79. The number of carbonyl (C=O) groups is 2. The molecule has 0 bridgehead atoms. The number of amides is 1. The molecule has 2 atom stereocenters. The predicted molar refractivity (Wildman–Crippen MR) is 84.5 cm³/mol. The molecule has 23 heavy (non-hydrogen) atoms. The third-order valence-electron chi connectivity index (χ3n) is 3.54. The minimum absolute atomic E-state index is 0.0765. The van der Waals surface area contributed by atoms with Crippen LogP contribution < -0.4 is 10.6 Å². The number of carboxylic acids is 1. The molecule has 0 aliphatic carbocycles. The van der Waals surface area contributed by atoms with E-state index in [1.54, 1.807) is 32.9 Å². The first-order valence-corrected chi connectivity index (χ1v) is 7.45. The molecule has 1 saturated heterocycles. The van der Waals surface area contributed by atoms with Crippen LogP contribution in [0.3, 0.4) is 0 Å². The normalized spacial score (nSPS) is 21.0. The van der Waals surface area contributed by atoms with Crippen molar-refractivity contribution in [3.8, 4) is 5.75 Å². The predicted octanol–water partition coefficient (Wildman–Crippen LogP) is 2.47. The molecule has 1 fully saturated rings. The minimum atomic E-state index is -0.828. The second kappa shape index (κ2) is 6.45. The average molecular weight is 322 g/mol. The van der Waals surface area contributed by atoms with Crippen molar-refractivity contribution in [1.82, 2.24) is 5.32 Å². The summed E-state index contributed by atoms with van der Waals surface area (Å²) in [6.07, 6.45) is -0.195. The van der Waals surface area contributed by atoms with E-state index in [0.717, 1.165) is 5.56 Å². The van der Waals surface area contributed by atoms with Gasteiger partial charge < -0.3 is 20.3 Å². The zero-order valence-corrected chi connectivity index (χ0v) is 13.4. The van der Waals surface area contributed by atoms with Gasteiger partial charge in [0.1, 0.15) is 11.4 Å². The number of ether oxygens (including phenoxy) is 1. The summed E-state index contributed by atoms with van der Waals surface area (Å²) in [5.41, 5.74) is 0.397. The van der Waals surface area contributed by atoms with Crippen LogP contribution >= 0.6 is 0 Å². The third-order valence-corrected chi connectivity index (χ3v) is 3.54. The molecule has 1 aliphatic heterocycles. The Bertz CT molecular complexity index is 609. The number of hydrogen-bond donors (Lipinski definition) is 4. The summed E-state index contributed by atoms with van der Waals surface area (Å²) in [5.74, 6) is -1.34. The number of hydrogen-bond acceptors (Lipinski definition) is 5. The van der Waals surface area contributed by atoms with Gasteiger partial charge in [0.25, 0.3) is 0 Å². The first-order chi connectivity index (χ1) is 10.7. The van der Waals surface area contributed by atoms with Crippen molar-refractivity contribution >= 4 is 17.7 Å². The Morgan fingerprint density at radius 1 is 1.35 bits per heavy atom. The summed E-state index contributed by atoms with van der Waals surface area (Å²) >= 11 is 0. The van der Waals surface area contributed by atoms with Crippen LogP contribution in [0.25, 0.3) is 0 Å². The smallest absolute Gasteiger partial charge is 0.412 e. The largest absolute Gasteiger partial charge is 0.506 e. The summed E-state index contributed by atoms with van der Waals surface area (Å²) in [6.45, 7) is 5.64. The average Bonchev–Trinajstić information content (AvgIpc) is 2.89. The van der Waals surface area contributed by atoms with E-state index < -0.39 is 23.6 Å². The fourth-order valence-corrected chi connectivity index (χ4v) is 2.46. The van der Waals surface area contributed by atoms with Gasteiger partial charge in [-0.2, -0.15) is 0 Å². The van der Waals surface area contributed by atoms with Crippen molar-refractivity contribution in [2.45, 2.75) is 38.8 Å². The van der Waals surface area contributed by atoms with E-state index in [9.17, 15) is 14.7 Å². The maximum absolute atomic E-state index is 11.8. The number of rotatable bonds is 3. The number of aliphatic carboxylic acids is 1. The molecule has 4 N–H and O–H groups in total. The summed E-state index contributed by atoms with van der Waals surface area (Å²) in [7, 11) is 0. The molecule has 1 heterocycles. The Morgan fingerprint density at radius 3 is 2.61 bits per heavy atom. The van der Waals surface area contributed by atoms with Crippen molar-refractivity contribution in [1.29, 1.82) is 0 Å². The Hall–Kier alpha value is -2.28. The van der Waals surface area contributed by atoms with Gasteiger partial charge in [-0.05, 0) is 44.9 Å². The Balaban J connectivity index is 2.10. The second-order valence-electron chi connectivity index (χ2n) is 6.64. The van der Waals surface area contributed by atoms with Crippen molar-refractivity contribution in [2.75, 3.05) is 11.9 Å². The highest BCUT2D eigenvalue weighted by Gasteiger charge is 2.30. The topological polar surface area (TPSA) is 108 Å². The van der Waals surface area contributed by atoms with Crippen LogP contribution in [0.1, 0.15) is 38.8 Å². The van der Waals surface area contributed by atoms with E-state index in [-0.39, 0.29) is 17.5 Å². The molecule has 1 aliphatic rings. The molecular weight excluding hydrogens is 300 g/mol. The van der Waals surface area contributed by atoms with E-state index >= 15 is 0 Å². The third kappa shape index (κ3) is 4.59. The van der Waals surface area contributed by atoms with Gasteiger partial charge in [-0.15, -0.1) is 0 Å². The summed E-state index contributed by atoms with van der Waals surface area (Å²) in [5, 5.41) is 24.6. The van der Waals surface area contributed by atoms with Crippen molar-refractivity contribution in [3.05, 3.63) is 23.8 Å². The van der Waals surface area contributed by atoms with E-state index in [0.29, 0.717) is 13.0 Å². The van der Waals surface area contributed by atoms with Crippen LogP contribution in [0.5, 0.6) is 5.75 Å². The fraction of sp³-hybridized carbons (Fsp3) is 0.500. The highest BCUT2D eigenvalue weighted by Crippen LogP contribution is 2.32. The van der Waals surface area contributed by atoms with Crippen LogP contribution in [0.2, 0.25) is 0 Å². The van der Waals surface area contributed by atoms with Gasteiger partial charge in [-0.1, -0.05) is 6.07 Å². The zero-order valence-electron chi connectivity index (χ0n) is 13.4. The van der Waals surface area contributed by atoms with E-state index in [1.807, 2.05) is 0 Å². The highest BCUT2D eigenvalue weighted by atomic mass is 16.6. The maximum Gasteiger partial charge on any atom is 0.412 e. The van der Waals surface area contributed by atoms with Crippen LogP contribution in [0, 0.1) is 5.92 Å². The summed E-state index contributed by atoms with van der Waals surface area (Å²) < 4.78 is 5.16. The molecule has 1 amide bonds. The van der Waals surface area contributed by atoms with Crippen LogP contribution in [-0.4, -0.2) is 34.4 Å². The van der Waals surface area contributed by atoms with Crippen LogP contribution in [0.15, 0.2) is 18.2 Å². The first kappa shape index (κ1) is 17.1. The lowest BCUT2D eigenvalue weighted by atomic mass is 9.99. The molecule has 0 aromatic heterocycles. The number of benzene rings is 1. The zero-order chi connectivity index (χ0) is 17.2. The Labute approximate surface area is 134 Å². The molecular formula is C16H22N2O5. The number of phenols is 1. The molecule has 7 nitrogen and oxygen atoms in total. The number of aromatic hydroxyl groups is 1. The highest BCUT2D eigenvalue weighted by molar-refractivity contribution is 5.87. The van der Waals surface area contributed by atoms with Gasteiger partial charge in [0, 0.05) is 12.6 Å². The molecule has 126 valence electrons. The lowest BCUT2D eigenvalue weighted by Crippen LogP contribution is -2.27. The van der Waals surface area contributed by atoms with Crippen molar-refractivity contribution < 1.29 is 24.5 Å². The van der Waals surface area contributed by atoms with Crippen LogP contribution in [0.4, 0.5) is 10.5 Å². The monoisotopic (exact) mass is 322 g/mol. The van der Waals surface area contributed by atoms with Crippen molar-refractivity contribution in [3.63, 3.8) is 0 Å². The number of carboxylic acid groups (broad SMARTS) is 1. The summed E-state index contributed by atoms with van der Waals surface area (Å²) in [6, 6.07) is 4.67. The number of phenolic OH excluding ortho intramolecular Hbond substituents is 1. The summed E-state index contributed by atoms with van der Waals surface area (Å²) in [4.78, 5) is 22.8. The number of nitrogens with one attached hydrogen (secondary N) is 2. The maximum atomic E-state index is 11.8. The molecule has 0 saturated carbocycles. The van der Waals surface area contributed by atoms with Gasteiger partial charge in [0.05, 0.1) is 11.6 Å². The van der Waals surface area contributed by atoms with Gasteiger partial charge in [-0.25, -0.2) is 4.79 Å². The number of carbonyl (C=O) groups excluding carboxylic acids is 1. The quantitative estimate of drug-likeness (QED) is 0.637. The molecule has 7 heteroatoms. The number of anilines is 1. The second-order valence-corrected chi connectivity index (χ2v) is 6.64. The van der Waals surface area contributed by atoms with E-state index in [2.05, 4.69) is 10.6 Å². The lowest BCUT2D eigenvalue weighted by molar-refractivity contribution is -0.141. The standard InChI is InChI=1S/C16H22N2O5/c1-16(2,3)23-15(22)18-12-6-9(4-5-13(12)19)11-7-10(8-17-11)14(20)21/h4-6,10-11,17,19H,7-8H2,1-3H3,(H,18,22)(H,20,21). The molecule has 0 spiro atoms. The molecule has 1 aromatic rings. The SMILES string of the molecule is CC(C)(C)OC(=O)Nc1cc(C2CC(C(=O)O)CN2)ccc1O. The molecule has 0 radical (unpaired) electrons. The molecule has 1 aromatic carbocycles. The van der Waals surface area contributed by atoms with E-state index in [4.69, 9.17) is 9.84 Å². The Morgan fingerprint density at radius 2 is 2.04 bits per heavy atom. The lowest BCUT2D eigenvalue weighted by Gasteiger charge is -2.20. The van der Waals surface area contributed by atoms with Crippen LogP contribution in [-0.2, 0) is 9.53 Å². The van der Waals surface area contributed by atoms with Crippen molar-refractivity contribution in [2.24, 2.45) is 5.92 Å². The minimum Gasteiger partial charge on any atom is -0.506 e. The van der Waals surface area contributed by atoms with Gasteiger partial charge in [-0.3, -0.25) is 10.1 Å². The van der Waals surface area contributed by atoms with Gasteiger partial charge in [0.15, 0.2) is 0 Å². The molecule has 2 rings (SSSR count). The van der Waals surface area contributed by atoms with E-state index in [1.165, 1.54) is 6.07 Å².